The minimum atomic E-state index is -0.182. The third kappa shape index (κ3) is 5.71. The number of rotatable bonds is 3. The number of hydrogen-bond acceptors (Lipinski definition) is 2. The second-order valence-corrected chi connectivity index (χ2v) is 21.4. The van der Waals surface area contributed by atoms with Gasteiger partial charge in [-0.25, -0.2) is 0 Å². The van der Waals surface area contributed by atoms with Gasteiger partial charge in [0, 0.05) is 55.1 Å². The van der Waals surface area contributed by atoms with Gasteiger partial charge in [-0.05, 0) is 115 Å². The van der Waals surface area contributed by atoms with Crippen molar-refractivity contribution in [3.05, 3.63) is 149 Å². The van der Waals surface area contributed by atoms with E-state index < -0.39 is 0 Å². The summed E-state index contributed by atoms with van der Waals surface area (Å²) in [6.07, 6.45) is 0. The summed E-state index contributed by atoms with van der Waals surface area (Å²) in [7, 11) is 2.46. The highest BCUT2D eigenvalue weighted by atomic mass is 16.3. The highest BCUT2D eigenvalue weighted by Gasteiger charge is 2.38. The Morgan fingerprint density at radius 1 is 0.525 bits per heavy atom. The van der Waals surface area contributed by atoms with Crippen LogP contribution in [0.2, 0.25) is 0 Å². The minimum absolute atomic E-state index is 0.00562. The fraction of sp³-hybridized carbons (Fsp3) is 0.263. The Kier molecular flexibility index (Phi) is 7.80. The average molecular weight is 794 g/mol. The second kappa shape index (κ2) is 12.5. The van der Waals surface area contributed by atoms with Crippen molar-refractivity contribution in [3.63, 3.8) is 0 Å². The molecular weight excluding hydrogens is 739 g/mol. The van der Waals surface area contributed by atoms with E-state index in [1.165, 1.54) is 88.5 Å². The van der Waals surface area contributed by atoms with Crippen molar-refractivity contribution in [2.45, 2.75) is 97.8 Å². The van der Waals surface area contributed by atoms with Gasteiger partial charge >= 0.3 is 0 Å². The molecule has 1 radical (unpaired) electrons. The standard InChI is InChI=1S/C57H54BN2O/c1-54(2,3)32-16-20-35(21-17-32)59-47-29-40-36-22-18-33(55(4,5)6)26-44(36)57(10,11)45(40)28-41(47)38-23-24-39-42-31-51-43(37-14-12-13-15-50(37)61-51)30-49(42)60-48-25-19-34(56(7,8)9)27-46(48)58-52(38)53(39)60/h12-31,59H,1-11H3. The van der Waals surface area contributed by atoms with Crippen LogP contribution >= 0.6 is 0 Å². The molecule has 0 amide bonds. The molecule has 0 saturated heterocycles. The van der Waals surface area contributed by atoms with E-state index in [1.807, 2.05) is 0 Å². The summed E-state index contributed by atoms with van der Waals surface area (Å²) in [5, 5.41) is 8.70. The zero-order chi connectivity index (χ0) is 42.5. The highest BCUT2D eigenvalue weighted by Crippen LogP contribution is 2.53. The van der Waals surface area contributed by atoms with Crippen LogP contribution in [-0.4, -0.2) is 11.8 Å². The summed E-state index contributed by atoms with van der Waals surface area (Å²) >= 11 is 0. The predicted molar refractivity (Wildman–Crippen MR) is 262 cm³/mol. The molecule has 3 heterocycles. The molecule has 61 heavy (non-hydrogen) atoms. The quantitative estimate of drug-likeness (QED) is 0.181. The van der Waals surface area contributed by atoms with E-state index in [4.69, 9.17) is 4.42 Å². The Morgan fingerprint density at radius 2 is 1.18 bits per heavy atom. The number of aromatic nitrogens is 1. The van der Waals surface area contributed by atoms with E-state index in [0.29, 0.717) is 0 Å². The lowest BCUT2D eigenvalue weighted by Gasteiger charge is -2.28. The Bertz CT molecular complexity index is 3320. The maximum absolute atomic E-state index is 6.50. The maximum atomic E-state index is 6.50. The molecule has 1 aliphatic heterocycles. The van der Waals surface area contributed by atoms with Crippen LogP contribution in [0.4, 0.5) is 11.4 Å². The lowest BCUT2D eigenvalue weighted by Crippen LogP contribution is -2.38. The topological polar surface area (TPSA) is 30.1 Å². The minimum Gasteiger partial charge on any atom is -0.456 e. The molecule has 0 atom stereocenters. The third-order valence-corrected chi connectivity index (χ3v) is 13.9. The number of anilines is 2. The van der Waals surface area contributed by atoms with E-state index in [-0.39, 0.29) is 21.7 Å². The van der Waals surface area contributed by atoms with Crippen LogP contribution < -0.4 is 16.2 Å². The summed E-state index contributed by atoms with van der Waals surface area (Å²) in [5.74, 6) is 0. The highest BCUT2D eigenvalue weighted by molar-refractivity contribution is 6.73. The summed E-state index contributed by atoms with van der Waals surface area (Å²) in [6, 6.07) is 46.0. The molecule has 0 spiro atoms. The Balaban J connectivity index is 1.19. The van der Waals surface area contributed by atoms with Crippen molar-refractivity contribution in [1.29, 1.82) is 0 Å². The van der Waals surface area contributed by atoms with Crippen LogP contribution in [0.3, 0.4) is 0 Å². The third-order valence-electron chi connectivity index (χ3n) is 13.9. The van der Waals surface area contributed by atoms with Gasteiger partial charge in [0.2, 0.25) is 0 Å². The van der Waals surface area contributed by atoms with Crippen molar-refractivity contribution in [2.75, 3.05) is 5.32 Å². The number of hydrogen-bond donors (Lipinski definition) is 1. The lowest BCUT2D eigenvalue weighted by molar-refractivity contribution is 0.584. The number of fused-ring (bicyclic) bond motifs is 11. The first-order valence-corrected chi connectivity index (χ1v) is 22.0. The van der Waals surface area contributed by atoms with E-state index in [9.17, 15) is 0 Å². The molecule has 2 aromatic heterocycles. The number of nitrogens with one attached hydrogen (secondary N) is 1. The van der Waals surface area contributed by atoms with E-state index in [0.717, 1.165) is 33.3 Å². The SMILES string of the molecule is CC(C)(C)c1ccc(Nc2cc3c(cc2-c2ccc4c5cc6oc7ccccc7c6cc5n5c4c2[B]c2cc(C(C)(C)C)ccc2-5)C(C)(C)c2cc(C(C)(C)C)ccc2-3)cc1. The fourth-order valence-electron chi connectivity index (χ4n) is 10.3. The smallest absolute Gasteiger partial charge is 0.197 e. The summed E-state index contributed by atoms with van der Waals surface area (Å²) in [5.41, 5.74) is 21.9. The van der Waals surface area contributed by atoms with E-state index >= 15 is 0 Å². The molecule has 9 aromatic rings. The fourth-order valence-corrected chi connectivity index (χ4v) is 10.3. The maximum Gasteiger partial charge on any atom is 0.197 e. The summed E-state index contributed by atoms with van der Waals surface area (Å²) in [6.45, 7) is 25.5. The average Bonchev–Trinajstić information content (AvgIpc) is 3.81. The van der Waals surface area contributed by atoms with Gasteiger partial charge in [-0.2, -0.15) is 0 Å². The van der Waals surface area contributed by atoms with Crippen LogP contribution in [-0.2, 0) is 21.7 Å². The molecule has 7 aromatic carbocycles. The van der Waals surface area contributed by atoms with Crippen LogP contribution in [0.25, 0.3) is 71.7 Å². The summed E-state index contributed by atoms with van der Waals surface area (Å²) in [4.78, 5) is 0. The zero-order valence-corrected chi connectivity index (χ0v) is 37.5. The molecule has 301 valence electrons. The van der Waals surface area contributed by atoms with E-state index in [2.05, 4.69) is 215 Å². The van der Waals surface area contributed by atoms with Crippen LogP contribution in [0.5, 0.6) is 0 Å². The molecule has 1 aliphatic carbocycles. The Hall–Kier alpha value is -6.00. The monoisotopic (exact) mass is 793 g/mol. The largest absolute Gasteiger partial charge is 0.456 e. The zero-order valence-electron chi connectivity index (χ0n) is 37.5. The first-order chi connectivity index (χ1) is 28.9. The number of benzene rings is 7. The van der Waals surface area contributed by atoms with E-state index in [1.54, 1.807) is 0 Å². The molecule has 0 saturated carbocycles. The molecule has 4 heteroatoms. The van der Waals surface area contributed by atoms with Gasteiger partial charge in [0.05, 0.1) is 5.52 Å². The molecule has 3 nitrogen and oxygen atoms in total. The molecule has 0 fully saturated rings. The van der Waals surface area contributed by atoms with Gasteiger partial charge in [-0.15, -0.1) is 0 Å². The lowest BCUT2D eigenvalue weighted by atomic mass is 9.58. The summed E-state index contributed by atoms with van der Waals surface area (Å²) < 4.78 is 9.04. The molecule has 2 aliphatic rings. The molecule has 11 rings (SSSR count). The van der Waals surface area contributed by atoms with Gasteiger partial charge in [0.25, 0.3) is 0 Å². The first kappa shape index (κ1) is 38.0. The van der Waals surface area contributed by atoms with Crippen molar-refractivity contribution < 1.29 is 4.42 Å². The molecule has 1 N–H and O–H groups in total. The van der Waals surface area contributed by atoms with Crippen molar-refractivity contribution in [2.24, 2.45) is 0 Å². The Morgan fingerprint density at radius 3 is 1.92 bits per heavy atom. The number of para-hydroxylation sites is 1. The number of furan rings is 1. The van der Waals surface area contributed by atoms with Crippen LogP contribution in [0.1, 0.15) is 104 Å². The van der Waals surface area contributed by atoms with Crippen molar-refractivity contribution >= 4 is 73.3 Å². The van der Waals surface area contributed by atoms with Gasteiger partial charge in [0.15, 0.2) is 7.28 Å². The van der Waals surface area contributed by atoms with Gasteiger partial charge < -0.3 is 14.3 Å². The van der Waals surface area contributed by atoms with Crippen LogP contribution in [0.15, 0.2) is 126 Å². The van der Waals surface area contributed by atoms with Crippen LogP contribution in [0, 0.1) is 0 Å². The molecular formula is C57H54BN2O. The normalized spacial score (nSPS) is 14.4. The van der Waals surface area contributed by atoms with Gasteiger partial charge in [-0.1, -0.05) is 154 Å². The molecule has 0 bridgehead atoms. The van der Waals surface area contributed by atoms with Crippen molar-refractivity contribution in [1.82, 2.24) is 4.57 Å². The van der Waals surface area contributed by atoms with Gasteiger partial charge in [-0.3, -0.25) is 0 Å². The van der Waals surface area contributed by atoms with Gasteiger partial charge in [0.1, 0.15) is 11.2 Å². The predicted octanol–water partition coefficient (Wildman–Crippen LogP) is 14.3. The first-order valence-electron chi connectivity index (χ1n) is 22.0. The second-order valence-electron chi connectivity index (χ2n) is 21.4. The van der Waals surface area contributed by atoms with Crippen molar-refractivity contribution in [3.8, 4) is 27.9 Å². The molecule has 0 unspecified atom stereocenters. The number of nitrogens with zero attached hydrogens (tertiary/aromatic N) is 1. The Labute approximate surface area is 361 Å².